The number of hydrogen-bond donors (Lipinski definition) is 3. The highest BCUT2D eigenvalue weighted by atomic mass is 16.3. The number of hydrogen-bond acceptors (Lipinski definition) is 3. The van der Waals surface area contributed by atoms with Crippen LogP contribution in [0, 0.1) is 17.8 Å². The van der Waals surface area contributed by atoms with Crippen LogP contribution in [-0.2, 0) is 4.79 Å². The van der Waals surface area contributed by atoms with Crippen LogP contribution >= 0.6 is 0 Å². The highest BCUT2D eigenvalue weighted by molar-refractivity contribution is 5.80. The monoisotopic (exact) mass is 240 g/mol. The summed E-state index contributed by atoms with van der Waals surface area (Å²) < 4.78 is 0. The van der Waals surface area contributed by atoms with Crippen LogP contribution in [0.5, 0.6) is 0 Å². The molecular formula is C13H24N2O2. The normalized spacial score (nSPS) is 21.6. The summed E-state index contributed by atoms with van der Waals surface area (Å²) in [5.74, 6) is 1.90. The molecule has 98 valence electrons. The quantitative estimate of drug-likeness (QED) is 0.542. The number of carbonyl (C=O) groups is 1. The molecule has 3 N–H and O–H groups in total. The van der Waals surface area contributed by atoms with E-state index in [-0.39, 0.29) is 12.0 Å². The molecule has 0 bridgehead atoms. The number of carbonyl (C=O) groups excluding carboxylic acids is 1. The van der Waals surface area contributed by atoms with Crippen LogP contribution in [0.1, 0.15) is 32.6 Å². The van der Waals surface area contributed by atoms with Crippen molar-refractivity contribution >= 4 is 5.91 Å². The van der Waals surface area contributed by atoms with Crippen molar-refractivity contribution in [2.45, 2.75) is 38.7 Å². The number of amides is 1. The first-order valence-electron chi connectivity index (χ1n) is 6.85. The number of aliphatic hydroxyl groups is 1. The molecule has 2 aliphatic carbocycles. The summed E-state index contributed by atoms with van der Waals surface area (Å²) in [6.45, 7) is 3.74. The Labute approximate surface area is 103 Å². The third-order valence-corrected chi connectivity index (χ3v) is 3.60. The first-order valence-corrected chi connectivity index (χ1v) is 6.85. The van der Waals surface area contributed by atoms with Gasteiger partial charge in [-0.1, -0.05) is 0 Å². The fourth-order valence-corrected chi connectivity index (χ4v) is 2.43. The molecule has 0 radical (unpaired) electrons. The predicted octanol–water partition coefficient (Wildman–Crippen LogP) is 0.509. The lowest BCUT2D eigenvalue weighted by Crippen LogP contribution is -2.38. The maximum absolute atomic E-state index is 12.0. The zero-order valence-electron chi connectivity index (χ0n) is 10.6. The SMILES string of the molecule is CC(O)CNCCNC(=O)C(C1CC1)C1CC1. The average molecular weight is 240 g/mol. The molecule has 2 fully saturated rings. The van der Waals surface area contributed by atoms with E-state index in [0.29, 0.717) is 30.8 Å². The molecule has 4 heteroatoms. The lowest BCUT2D eigenvalue weighted by Gasteiger charge is -2.15. The van der Waals surface area contributed by atoms with Gasteiger partial charge in [-0.05, 0) is 44.4 Å². The molecule has 4 nitrogen and oxygen atoms in total. The van der Waals surface area contributed by atoms with E-state index in [9.17, 15) is 4.79 Å². The van der Waals surface area contributed by atoms with Gasteiger partial charge in [-0.2, -0.15) is 0 Å². The minimum Gasteiger partial charge on any atom is -0.392 e. The van der Waals surface area contributed by atoms with Gasteiger partial charge in [0.1, 0.15) is 0 Å². The zero-order chi connectivity index (χ0) is 12.3. The lowest BCUT2D eigenvalue weighted by atomic mass is 9.97. The van der Waals surface area contributed by atoms with Gasteiger partial charge < -0.3 is 15.7 Å². The highest BCUT2D eigenvalue weighted by Gasteiger charge is 2.45. The van der Waals surface area contributed by atoms with Gasteiger partial charge in [0.2, 0.25) is 5.91 Å². The summed E-state index contributed by atoms with van der Waals surface area (Å²) in [5, 5.41) is 15.2. The topological polar surface area (TPSA) is 61.4 Å². The smallest absolute Gasteiger partial charge is 0.223 e. The summed E-state index contributed by atoms with van der Waals surface area (Å²) >= 11 is 0. The third-order valence-electron chi connectivity index (χ3n) is 3.60. The van der Waals surface area contributed by atoms with Crippen LogP contribution in [0.4, 0.5) is 0 Å². The molecule has 2 rings (SSSR count). The fourth-order valence-electron chi connectivity index (χ4n) is 2.43. The van der Waals surface area contributed by atoms with Crippen LogP contribution in [-0.4, -0.2) is 36.8 Å². The van der Waals surface area contributed by atoms with E-state index in [0.717, 1.165) is 6.54 Å². The zero-order valence-corrected chi connectivity index (χ0v) is 10.6. The first kappa shape index (κ1) is 12.8. The Balaban J connectivity index is 1.59. The molecule has 0 aromatic carbocycles. The minimum absolute atomic E-state index is 0.258. The van der Waals surface area contributed by atoms with E-state index < -0.39 is 0 Å². The summed E-state index contributed by atoms with van der Waals surface area (Å²) in [6.07, 6.45) is 4.66. The van der Waals surface area contributed by atoms with Crippen LogP contribution in [0.3, 0.4) is 0 Å². The van der Waals surface area contributed by atoms with Crippen molar-refractivity contribution in [2.24, 2.45) is 17.8 Å². The van der Waals surface area contributed by atoms with Crippen molar-refractivity contribution in [3.8, 4) is 0 Å². The largest absolute Gasteiger partial charge is 0.392 e. The van der Waals surface area contributed by atoms with Gasteiger partial charge in [-0.15, -0.1) is 0 Å². The fraction of sp³-hybridized carbons (Fsp3) is 0.923. The molecule has 1 amide bonds. The van der Waals surface area contributed by atoms with Gasteiger partial charge in [-0.25, -0.2) is 0 Å². The molecule has 1 unspecified atom stereocenters. The molecular weight excluding hydrogens is 216 g/mol. The molecule has 2 saturated carbocycles. The molecule has 2 aliphatic rings. The summed E-state index contributed by atoms with van der Waals surface area (Å²) in [4.78, 5) is 12.0. The summed E-state index contributed by atoms with van der Waals surface area (Å²) in [5.41, 5.74) is 0. The van der Waals surface area contributed by atoms with Gasteiger partial charge in [0, 0.05) is 25.6 Å². The Morgan fingerprint density at radius 3 is 2.29 bits per heavy atom. The van der Waals surface area contributed by atoms with Crippen molar-refractivity contribution in [3.05, 3.63) is 0 Å². The van der Waals surface area contributed by atoms with Gasteiger partial charge in [0.05, 0.1) is 6.10 Å². The molecule has 0 aliphatic heterocycles. The number of aliphatic hydroxyl groups excluding tert-OH is 1. The minimum atomic E-state index is -0.323. The molecule has 0 spiro atoms. The Kier molecular flexibility index (Phi) is 4.40. The van der Waals surface area contributed by atoms with E-state index in [1.54, 1.807) is 6.92 Å². The van der Waals surface area contributed by atoms with E-state index in [1.165, 1.54) is 25.7 Å². The van der Waals surface area contributed by atoms with Gasteiger partial charge >= 0.3 is 0 Å². The third kappa shape index (κ3) is 4.28. The molecule has 1 atom stereocenters. The summed E-state index contributed by atoms with van der Waals surface area (Å²) in [7, 11) is 0. The predicted molar refractivity (Wildman–Crippen MR) is 66.5 cm³/mol. The van der Waals surface area contributed by atoms with Gasteiger partial charge in [0.15, 0.2) is 0 Å². The second-order valence-electron chi connectivity index (χ2n) is 5.54. The molecule has 0 heterocycles. The van der Waals surface area contributed by atoms with Crippen LogP contribution in [0.25, 0.3) is 0 Å². The van der Waals surface area contributed by atoms with E-state index >= 15 is 0 Å². The molecule has 0 aromatic rings. The molecule has 0 aromatic heterocycles. The second-order valence-corrected chi connectivity index (χ2v) is 5.54. The van der Waals surface area contributed by atoms with Crippen LogP contribution < -0.4 is 10.6 Å². The Bertz CT molecular complexity index is 248. The van der Waals surface area contributed by atoms with E-state index in [2.05, 4.69) is 10.6 Å². The van der Waals surface area contributed by atoms with Gasteiger partial charge in [0.25, 0.3) is 0 Å². The standard InChI is InChI=1S/C13H24N2O2/c1-9(16)8-14-6-7-15-13(17)12(10-2-3-10)11-4-5-11/h9-12,14,16H,2-8H2,1H3,(H,15,17). The number of nitrogens with one attached hydrogen (secondary N) is 2. The maximum atomic E-state index is 12.0. The number of rotatable bonds is 8. The van der Waals surface area contributed by atoms with Crippen molar-refractivity contribution in [3.63, 3.8) is 0 Å². The highest BCUT2D eigenvalue weighted by Crippen LogP contribution is 2.49. The van der Waals surface area contributed by atoms with E-state index in [4.69, 9.17) is 5.11 Å². The average Bonchev–Trinajstić information content (AvgIpc) is 3.11. The van der Waals surface area contributed by atoms with Crippen molar-refractivity contribution in [2.75, 3.05) is 19.6 Å². The van der Waals surface area contributed by atoms with Crippen molar-refractivity contribution in [1.82, 2.24) is 10.6 Å². The Morgan fingerprint density at radius 2 is 1.82 bits per heavy atom. The van der Waals surface area contributed by atoms with Crippen molar-refractivity contribution in [1.29, 1.82) is 0 Å². The maximum Gasteiger partial charge on any atom is 0.223 e. The Hall–Kier alpha value is -0.610. The first-order chi connectivity index (χ1) is 8.18. The molecule has 0 saturated heterocycles. The van der Waals surface area contributed by atoms with Gasteiger partial charge in [-0.3, -0.25) is 4.79 Å². The molecule has 17 heavy (non-hydrogen) atoms. The van der Waals surface area contributed by atoms with Crippen molar-refractivity contribution < 1.29 is 9.90 Å². The lowest BCUT2D eigenvalue weighted by molar-refractivity contribution is -0.126. The van der Waals surface area contributed by atoms with E-state index in [1.807, 2.05) is 0 Å². The summed E-state index contributed by atoms with van der Waals surface area (Å²) in [6, 6.07) is 0. The van der Waals surface area contributed by atoms with Crippen LogP contribution in [0.15, 0.2) is 0 Å². The Morgan fingerprint density at radius 1 is 1.24 bits per heavy atom. The second kappa shape index (κ2) is 5.83. The van der Waals surface area contributed by atoms with Crippen LogP contribution in [0.2, 0.25) is 0 Å².